The van der Waals surface area contributed by atoms with E-state index >= 15 is 0 Å². The summed E-state index contributed by atoms with van der Waals surface area (Å²) in [5, 5.41) is 3.41. The van der Waals surface area contributed by atoms with Gasteiger partial charge in [-0.2, -0.15) is 0 Å². The fourth-order valence-corrected chi connectivity index (χ4v) is 2.94. The quantitative estimate of drug-likeness (QED) is 0.790. The van der Waals surface area contributed by atoms with Gasteiger partial charge in [-0.25, -0.2) is 9.97 Å². The van der Waals surface area contributed by atoms with Gasteiger partial charge in [0, 0.05) is 18.3 Å². The first-order chi connectivity index (χ1) is 8.42. The Labute approximate surface area is 103 Å². The highest BCUT2D eigenvalue weighted by Gasteiger charge is 2.17. The Bertz CT molecular complexity index is 383. The molecule has 1 saturated heterocycles. The van der Waals surface area contributed by atoms with Gasteiger partial charge in [0.25, 0.3) is 0 Å². The maximum atomic E-state index is 4.80. The van der Waals surface area contributed by atoms with Crippen LogP contribution in [-0.4, -0.2) is 23.1 Å². The van der Waals surface area contributed by atoms with Crippen molar-refractivity contribution in [1.29, 1.82) is 0 Å². The minimum absolute atomic E-state index is 0.749. The predicted molar refractivity (Wildman–Crippen MR) is 68.0 cm³/mol. The number of fused-ring (bicyclic) bond motifs is 1. The lowest BCUT2D eigenvalue weighted by molar-refractivity contribution is 0.558. The van der Waals surface area contributed by atoms with Crippen molar-refractivity contribution in [1.82, 2.24) is 15.3 Å². The Balaban J connectivity index is 1.74. The molecule has 0 bridgehead atoms. The summed E-state index contributed by atoms with van der Waals surface area (Å²) in [6.45, 7) is 2.30. The SMILES string of the molecule is c1nc(CC2CCNC2)nc2c1CCCCC2. The number of aryl methyl sites for hydroxylation is 2. The van der Waals surface area contributed by atoms with Crippen LogP contribution >= 0.6 is 0 Å². The first-order valence-corrected chi connectivity index (χ1v) is 6.96. The molecule has 0 amide bonds. The molecule has 3 rings (SSSR count). The zero-order valence-corrected chi connectivity index (χ0v) is 10.4. The van der Waals surface area contributed by atoms with Gasteiger partial charge in [0.2, 0.25) is 0 Å². The second-order valence-electron chi connectivity index (χ2n) is 5.38. The first kappa shape index (κ1) is 11.1. The monoisotopic (exact) mass is 231 g/mol. The van der Waals surface area contributed by atoms with Crippen molar-refractivity contribution in [2.45, 2.75) is 44.9 Å². The van der Waals surface area contributed by atoms with Crippen LogP contribution in [0.3, 0.4) is 0 Å². The summed E-state index contributed by atoms with van der Waals surface area (Å²) < 4.78 is 0. The molecule has 1 aliphatic heterocycles. The molecule has 92 valence electrons. The van der Waals surface area contributed by atoms with Gasteiger partial charge in [-0.15, -0.1) is 0 Å². The van der Waals surface area contributed by atoms with Crippen molar-refractivity contribution >= 4 is 0 Å². The van der Waals surface area contributed by atoms with Crippen LogP contribution in [0.25, 0.3) is 0 Å². The molecular weight excluding hydrogens is 210 g/mol. The molecule has 3 nitrogen and oxygen atoms in total. The zero-order valence-electron chi connectivity index (χ0n) is 10.4. The van der Waals surface area contributed by atoms with E-state index in [2.05, 4.69) is 16.5 Å². The van der Waals surface area contributed by atoms with Crippen LogP contribution in [-0.2, 0) is 19.3 Å². The van der Waals surface area contributed by atoms with Crippen molar-refractivity contribution in [3.8, 4) is 0 Å². The number of aromatic nitrogens is 2. The maximum Gasteiger partial charge on any atom is 0.128 e. The van der Waals surface area contributed by atoms with Gasteiger partial charge >= 0.3 is 0 Å². The molecule has 1 atom stereocenters. The molecule has 1 unspecified atom stereocenters. The number of hydrogen-bond donors (Lipinski definition) is 1. The Morgan fingerprint density at radius 3 is 3.06 bits per heavy atom. The van der Waals surface area contributed by atoms with E-state index < -0.39 is 0 Å². The van der Waals surface area contributed by atoms with E-state index in [9.17, 15) is 0 Å². The van der Waals surface area contributed by atoms with Crippen LogP contribution < -0.4 is 5.32 Å². The highest BCUT2D eigenvalue weighted by atomic mass is 14.9. The zero-order chi connectivity index (χ0) is 11.5. The summed E-state index contributed by atoms with van der Waals surface area (Å²) in [5.74, 6) is 1.82. The molecule has 1 fully saturated rings. The van der Waals surface area contributed by atoms with Gasteiger partial charge in [0.05, 0.1) is 0 Å². The van der Waals surface area contributed by atoms with Crippen LogP contribution in [0.5, 0.6) is 0 Å². The van der Waals surface area contributed by atoms with E-state index in [1.165, 1.54) is 43.4 Å². The van der Waals surface area contributed by atoms with Crippen molar-refractivity contribution in [2.24, 2.45) is 5.92 Å². The van der Waals surface area contributed by atoms with Gasteiger partial charge in [-0.1, -0.05) is 6.42 Å². The molecule has 2 aliphatic rings. The molecule has 1 aliphatic carbocycles. The van der Waals surface area contributed by atoms with Crippen LogP contribution in [0.1, 0.15) is 42.8 Å². The summed E-state index contributed by atoms with van der Waals surface area (Å²) in [5.41, 5.74) is 2.73. The third kappa shape index (κ3) is 2.65. The third-order valence-corrected chi connectivity index (χ3v) is 4.00. The summed E-state index contributed by atoms with van der Waals surface area (Å²) in [7, 11) is 0. The topological polar surface area (TPSA) is 37.8 Å². The normalized spacial score (nSPS) is 24.4. The summed E-state index contributed by atoms with van der Waals surface area (Å²) in [6, 6.07) is 0. The standard InChI is InChI=1S/C14H21N3/c1-2-4-12-10-16-14(17-13(12)5-3-1)8-11-6-7-15-9-11/h10-11,15H,1-9H2. The highest BCUT2D eigenvalue weighted by molar-refractivity contribution is 5.19. The molecule has 0 aromatic carbocycles. The Hall–Kier alpha value is -0.960. The maximum absolute atomic E-state index is 4.80. The third-order valence-electron chi connectivity index (χ3n) is 4.00. The van der Waals surface area contributed by atoms with E-state index in [1.807, 2.05) is 0 Å². The fourth-order valence-electron chi connectivity index (χ4n) is 2.94. The largest absolute Gasteiger partial charge is 0.316 e. The van der Waals surface area contributed by atoms with Gasteiger partial charge in [0.1, 0.15) is 5.82 Å². The van der Waals surface area contributed by atoms with Crippen molar-refractivity contribution in [3.63, 3.8) is 0 Å². The van der Waals surface area contributed by atoms with E-state index in [-0.39, 0.29) is 0 Å². The van der Waals surface area contributed by atoms with Gasteiger partial charge < -0.3 is 5.32 Å². The number of rotatable bonds is 2. The Morgan fingerprint density at radius 1 is 1.24 bits per heavy atom. The number of nitrogens with one attached hydrogen (secondary N) is 1. The van der Waals surface area contributed by atoms with Crippen LogP contribution in [0.15, 0.2) is 6.20 Å². The van der Waals surface area contributed by atoms with Crippen molar-refractivity contribution in [3.05, 3.63) is 23.3 Å². The van der Waals surface area contributed by atoms with Crippen molar-refractivity contribution < 1.29 is 0 Å². The summed E-state index contributed by atoms with van der Waals surface area (Å²) in [4.78, 5) is 9.36. The first-order valence-electron chi connectivity index (χ1n) is 6.96. The van der Waals surface area contributed by atoms with Gasteiger partial charge in [-0.3, -0.25) is 0 Å². The average Bonchev–Trinajstić information content (AvgIpc) is 2.73. The van der Waals surface area contributed by atoms with E-state index in [1.54, 1.807) is 0 Å². The molecule has 0 spiro atoms. The molecule has 0 radical (unpaired) electrons. The Morgan fingerprint density at radius 2 is 2.18 bits per heavy atom. The average molecular weight is 231 g/mol. The van der Waals surface area contributed by atoms with Crippen LogP contribution in [0.4, 0.5) is 0 Å². The van der Waals surface area contributed by atoms with Crippen molar-refractivity contribution in [2.75, 3.05) is 13.1 Å². The molecule has 1 aromatic rings. The fraction of sp³-hybridized carbons (Fsp3) is 0.714. The van der Waals surface area contributed by atoms with E-state index in [0.717, 1.165) is 37.7 Å². The van der Waals surface area contributed by atoms with Gasteiger partial charge in [0.15, 0.2) is 0 Å². The van der Waals surface area contributed by atoms with Crippen LogP contribution in [0.2, 0.25) is 0 Å². The molecule has 3 heteroatoms. The minimum atomic E-state index is 0.749. The lowest BCUT2D eigenvalue weighted by atomic mass is 10.0. The molecule has 1 aromatic heterocycles. The molecule has 2 heterocycles. The lowest BCUT2D eigenvalue weighted by Crippen LogP contribution is -2.13. The molecular formula is C14H21N3. The second-order valence-corrected chi connectivity index (χ2v) is 5.38. The number of hydrogen-bond acceptors (Lipinski definition) is 3. The van der Waals surface area contributed by atoms with E-state index in [4.69, 9.17) is 4.98 Å². The molecule has 0 saturated carbocycles. The minimum Gasteiger partial charge on any atom is -0.316 e. The number of nitrogens with zero attached hydrogens (tertiary/aromatic N) is 2. The van der Waals surface area contributed by atoms with Crippen LogP contribution in [0, 0.1) is 5.92 Å². The predicted octanol–water partition coefficient (Wildman–Crippen LogP) is 1.90. The smallest absolute Gasteiger partial charge is 0.128 e. The van der Waals surface area contributed by atoms with E-state index in [0.29, 0.717) is 0 Å². The summed E-state index contributed by atoms with van der Waals surface area (Å²) >= 11 is 0. The Kier molecular flexibility index (Phi) is 3.36. The lowest BCUT2D eigenvalue weighted by Gasteiger charge is -2.10. The second kappa shape index (κ2) is 5.13. The van der Waals surface area contributed by atoms with Gasteiger partial charge in [-0.05, 0) is 56.7 Å². The molecule has 17 heavy (non-hydrogen) atoms. The highest BCUT2D eigenvalue weighted by Crippen LogP contribution is 2.19. The molecule has 1 N–H and O–H groups in total. The summed E-state index contributed by atoms with van der Waals surface area (Å²) in [6.07, 6.45) is 10.7.